The van der Waals surface area contributed by atoms with Gasteiger partial charge in [0, 0.05) is 24.9 Å². The van der Waals surface area contributed by atoms with E-state index in [-0.39, 0.29) is 0 Å². The molecule has 1 aromatic heterocycles. The molecule has 1 aromatic rings. The van der Waals surface area contributed by atoms with E-state index < -0.39 is 0 Å². The molecule has 1 fully saturated rings. The van der Waals surface area contributed by atoms with Crippen molar-refractivity contribution in [2.24, 2.45) is 0 Å². The van der Waals surface area contributed by atoms with Gasteiger partial charge in [0.2, 0.25) is 0 Å². The highest BCUT2D eigenvalue weighted by atomic mass is 16.4. The molecule has 0 bridgehead atoms. The minimum absolute atomic E-state index is 0.535. The summed E-state index contributed by atoms with van der Waals surface area (Å²) in [4.78, 5) is 4.27. The fourth-order valence-electron chi connectivity index (χ4n) is 1.46. The molecule has 3 heteroatoms. The Kier molecular flexibility index (Phi) is 2.87. The summed E-state index contributed by atoms with van der Waals surface area (Å²) in [7, 11) is 0. The molecular formula is C11H18N2O. The summed E-state index contributed by atoms with van der Waals surface area (Å²) in [6.45, 7) is 5.23. The van der Waals surface area contributed by atoms with Crippen LogP contribution in [0.3, 0.4) is 0 Å². The van der Waals surface area contributed by atoms with Crippen molar-refractivity contribution in [1.82, 2.24) is 10.3 Å². The summed E-state index contributed by atoms with van der Waals surface area (Å²) >= 11 is 0. The van der Waals surface area contributed by atoms with Crippen molar-refractivity contribution in [3.63, 3.8) is 0 Å². The summed E-state index contributed by atoms with van der Waals surface area (Å²) in [6, 6.07) is 0.535. The fraction of sp³-hybridized carbons (Fsp3) is 0.727. The maximum Gasteiger partial charge on any atom is 0.195 e. The van der Waals surface area contributed by atoms with Crippen LogP contribution in [0.15, 0.2) is 10.6 Å². The standard InChI is InChI=1S/C11H18N2O/c1-8(2)12-6-5-11-13-7-10(14-11)9-3-4-9/h7-9,12H,3-6H2,1-2H3. The van der Waals surface area contributed by atoms with Gasteiger partial charge >= 0.3 is 0 Å². The van der Waals surface area contributed by atoms with Gasteiger partial charge in [-0.1, -0.05) is 13.8 Å². The Balaban J connectivity index is 1.78. The van der Waals surface area contributed by atoms with E-state index in [9.17, 15) is 0 Å². The number of nitrogens with zero attached hydrogens (tertiary/aromatic N) is 1. The van der Waals surface area contributed by atoms with Crippen LogP contribution in [0.25, 0.3) is 0 Å². The van der Waals surface area contributed by atoms with Crippen LogP contribution in [-0.2, 0) is 6.42 Å². The van der Waals surface area contributed by atoms with E-state index >= 15 is 0 Å². The predicted molar refractivity (Wildman–Crippen MR) is 55.3 cm³/mol. The van der Waals surface area contributed by atoms with Gasteiger partial charge in [-0.05, 0) is 12.8 Å². The van der Waals surface area contributed by atoms with Crippen molar-refractivity contribution in [1.29, 1.82) is 0 Å². The van der Waals surface area contributed by atoms with Crippen LogP contribution < -0.4 is 5.32 Å². The van der Waals surface area contributed by atoms with Crippen LogP contribution >= 0.6 is 0 Å². The lowest BCUT2D eigenvalue weighted by Gasteiger charge is -2.05. The molecule has 0 aliphatic heterocycles. The van der Waals surface area contributed by atoms with E-state index in [2.05, 4.69) is 24.1 Å². The molecule has 1 saturated carbocycles. The van der Waals surface area contributed by atoms with Crippen LogP contribution in [0.4, 0.5) is 0 Å². The molecule has 1 aliphatic carbocycles. The Hall–Kier alpha value is -0.830. The molecule has 0 radical (unpaired) electrons. The molecule has 14 heavy (non-hydrogen) atoms. The third-order valence-corrected chi connectivity index (χ3v) is 2.44. The molecular weight excluding hydrogens is 176 g/mol. The van der Waals surface area contributed by atoms with Gasteiger partial charge in [0.05, 0.1) is 6.20 Å². The smallest absolute Gasteiger partial charge is 0.195 e. The second kappa shape index (κ2) is 4.13. The summed E-state index contributed by atoms with van der Waals surface area (Å²) in [5, 5.41) is 3.35. The first-order valence-electron chi connectivity index (χ1n) is 5.43. The molecule has 0 amide bonds. The lowest BCUT2D eigenvalue weighted by atomic mass is 10.3. The molecule has 1 aliphatic rings. The van der Waals surface area contributed by atoms with Gasteiger partial charge in [-0.15, -0.1) is 0 Å². The average Bonchev–Trinajstić information content (AvgIpc) is 2.87. The van der Waals surface area contributed by atoms with Crippen molar-refractivity contribution in [2.45, 2.75) is 45.1 Å². The predicted octanol–water partition coefficient (Wildman–Crippen LogP) is 2.09. The van der Waals surface area contributed by atoms with Gasteiger partial charge in [-0.2, -0.15) is 0 Å². The second-order valence-corrected chi connectivity index (χ2v) is 4.29. The second-order valence-electron chi connectivity index (χ2n) is 4.29. The monoisotopic (exact) mass is 194 g/mol. The first-order valence-corrected chi connectivity index (χ1v) is 5.43. The minimum Gasteiger partial charge on any atom is -0.445 e. The molecule has 0 atom stereocenters. The number of aromatic nitrogens is 1. The van der Waals surface area contributed by atoms with Gasteiger partial charge in [-0.25, -0.2) is 4.98 Å². The molecule has 78 valence electrons. The first kappa shape index (κ1) is 9.71. The summed E-state index contributed by atoms with van der Waals surface area (Å²) in [5.41, 5.74) is 0. The van der Waals surface area contributed by atoms with E-state index in [0.29, 0.717) is 12.0 Å². The van der Waals surface area contributed by atoms with Crippen LogP contribution in [-0.4, -0.2) is 17.6 Å². The summed E-state index contributed by atoms with van der Waals surface area (Å²) in [5.74, 6) is 2.64. The molecule has 3 nitrogen and oxygen atoms in total. The van der Waals surface area contributed by atoms with Crippen molar-refractivity contribution in [3.05, 3.63) is 17.8 Å². The third-order valence-electron chi connectivity index (χ3n) is 2.44. The molecule has 0 unspecified atom stereocenters. The lowest BCUT2D eigenvalue weighted by molar-refractivity contribution is 0.444. The zero-order valence-electron chi connectivity index (χ0n) is 8.92. The molecule has 0 spiro atoms. The van der Waals surface area contributed by atoms with Gasteiger partial charge in [-0.3, -0.25) is 0 Å². The zero-order chi connectivity index (χ0) is 9.97. The van der Waals surface area contributed by atoms with Crippen LogP contribution in [0.1, 0.15) is 44.3 Å². The maximum atomic E-state index is 5.64. The number of hydrogen-bond acceptors (Lipinski definition) is 3. The Morgan fingerprint density at radius 2 is 2.36 bits per heavy atom. The summed E-state index contributed by atoms with van der Waals surface area (Å²) in [6.07, 6.45) is 5.34. The lowest BCUT2D eigenvalue weighted by Crippen LogP contribution is -2.24. The van der Waals surface area contributed by atoms with E-state index in [1.54, 1.807) is 0 Å². The maximum absolute atomic E-state index is 5.64. The minimum atomic E-state index is 0.535. The number of hydrogen-bond donors (Lipinski definition) is 1. The van der Waals surface area contributed by atoms with Crippen LogP contribution in [0.2, 0.25) is 0 Å². The van der Waals surface area contributed by atoms with Gasteiger partial charge < -0.3 is 9.73 Å². The Labute approximate surface area is 84.9 Å². The van der Waals surface area contributed by atoms with E-state index in [0.717, 1.165) is 24.6 Å². The van der Waals surface area contributed by atoms with Crippen molar-refractivity contribution < 1.29 is 4.42 Å². The molecule has 0 saturated heterocycles. The van der Waals surface area contributed by atoms with E-state index in [4.69, 9.17) is 4.42 Å². The highest BCUT2D eigenvalue weighted by Gasteiger charge is 2.27. The normalized spacial score (nSPS) is 16.5. The summed E-state index contributed by atoms with van der Waals surface area (Å²) < 4.78 is 5.64. The van der Waals surface area contributed by atoms with Gasteiger partial charge in [0.1, 0.15) is 5.76 Å². The quantitative estimate of drug-likeness (QED) is 0.780. The zero-order valence-corrected chi connectivity index (χ0v) is 8.92. The largest absolute Gasteiger partial charge is 0.445 e. The topological polar surface area (TPSA) is 38.1 Å². The highest BCUT2D eigenvalue weighted by Crippen LogP contribution is 2.40. The number of nitrogens with one attached hydrogen (secondary N) is 1. The van der Waals surface area contributed by atoms with Gasteiger partial charge in [0.15, 0.2) is 5.89 Å². The Bertz CT molecular complexity index is 289. The molecule has 1 heterocycles. The van der Waals surface area contributed by atoms with Crippen molar-refractivity contribution in [3.8, 4) is 0 Å². The van der Waals surface area contributed by atoms with E-state index in [1.807, 2.05) is 6.20 Å². The average molecular weight is 194 g/mol. The van der Waals surface area contributed by atoms with Crippen molar-refractivity contribution >= 4 is 0 Å². The molecule has 2 rings (SSSR count). The van der Waals surface area contributed by atoms with Gasteiger partial charge in [0.25, 0.3) is 0 Å². The molecule has 1 N–H and O–H groups in total. The third kappa shape index (κ3) is 2.58. The molecule has 0 aromatic carbocycles. The fourth-order valence-corrected chi connectivity index (χ4v) is 1.46. The number of oxazole rings is 1. The SMILES string of the molecule is CC(C)NCCc1ncc(C2CC2)o1. The van der Waals surface area contributed by atoms with Crippen molar-refractivity contribution in [2.75, 3.05) is 6.54 Å². The first-order chi connectivity index (χ1) is 6.75. The van der Waals surface area contributed by atoms with E-state index in [1.165, 1.54) is 12.8 Å². The Morgan fingerprint density at radius 1 is 1.57 bits per heavy atom. The highest BCUT2D eigenvalue weighted by molar-refractivity contribution is 5.08. The van der Waals surface area contributed by atoms with Crippen LogP contribution in [0, 0.1) is 0 Å². The number of rotatable bonds is 5. The Morgan fingerprint density at radius 3 is 3.00 bits per heavy atom. The van der Waals surface area contributed by atoms with Crippen LogP contribution in [0.5, 0.6) is 0 Å².